The van der Waals surface area contributed by atoms with E-state index in [1.54, 1.807) is 14.0 Å². The second-order valence-electron chi connectivity index (χ2n) is 10.5. The van der Waals surface area contributed by atoms with Crippen LogP contribution < -0.4 is 0 Å². The standard InChI is InChI=1S/C26H38O4/c1-15(11-25(30-4)16(2)27)22-7-8-23-21-14-24(29)18-12-17(5-6-19(28)13-18)20(21)9-10-26(22,23)3/h5,11,14,16,18-20,22-23,25,27-28H,6-10,12-13H2,1-4H3/b15-11-/t16-,18+,19+,20-,22-,23+,25+,26-/m1/s1. The molecule has 4 heteroatoms. The number of fused-ring (bicyclic) bond motifs is 6. The minimum Gasteiger partial charge on any atom is -0.393 e. The van der Waals surface area contributed by atoms with E-state index in [0.29, 0.717) is 30.6 Å². The molecule has 0 aliphatic heterocycles. The molecule has 2 bridgehead atoms. The maximum Gasteiger partial charge on any atom is 0.159 e. The molecule has 2 saturated carbocycles. The third-order valence-electron chi connectivity index (χ3n) is 8.69. The van der Waals surface area contributed by atoms with Gasteiger partial charge in [0, 0.05) is 18.9 Å². The summed E-state index contributed by atoms with van der Waals surface area (Å²) in [5.74, 6) is 1.46. The highest BCUT2D eigenvalue weighted by Gasteiger charge is 2.53. The van der Waals surface area contributed by atoms with E-state index in [1.165, 1.54) is 16.7 Å². The first kappa shape index (κ1) is 22.0. The first-order valence-corrected chi connectivity index (χ1v) is 11.8. The van der Waals surface area contributed by atoms with Crippen molar-refractivity contribution >= 4 is 5.78 Å². The molecule has 0 unspecified atom stereocenters. The molecule has 4 nitrogen and oxygen atoms in total. The van der Waals surface area contributed by atoms with E-state index in [9.17, 15) is 15.0 Å². The Morgan fingerprint density at radius 2 is 2.10 bits per heavy atom. The van der Waals surface area contributed by atoms with Crippen LogP contribution in [0, 0.1) is 29.1 Å². The summed E-state index contributed by atoms with van der Waals surface area (Å²) in [6.45, 7) is 6.38. The third kappa shape index (κ3) is 3.76. The number of hydrogen-bond acceptors (Lipinski definition) is 4. The van der Waals surface area contributed by atoms with Crippen molar-refractivity contribution in [2.75, 3.05) is 7.11 Å². The summed E-state index contributed by atoms with van der Waals surface area (Å²) in [5, 5.41) is 20.2. The molecule has 0 saturated heterocycles. The molecule has 30 heavy (non-hydrogen) atoms. The Labute approximate surface area is 181 Å². The van der Waals surface area contributed by atoms with Crippen molar-refractivity contribution in [1.29, 1.82) is 0 Å². The SMILES string of the molecule is CO[C@@H](/C=C(/C)[C@H]1CC[C@H]2C3=CC(=O)[C@H]4CC(=CC[C@H](O)C4)[C@H]3CC[C@]12C)[C@@H](C)O. The fraction of sp³-hybridized carbons (Fsp3) is 0.731. The van der Waals surface area contributed by atoms with Crippen molar-refractivity contribution in [2.45, 2.75) is 84.0 Å². The fourth-order valence-electron chi connectivity index (χ4n) is 7.07. The number of aliphatic hydroxyl groups excluding tert-OH is 2. The van der Waals surface area contributed by atoms with Gasteiger partial charge in [-0.25, -0.2) is 0 Å². The number of hydrogen-bond donors (Lipinski definition) is 2. The van der Waals surface area contributed by atoms with Gasteiger partial charge in [0.25, 0.3) is 0 Å². The number of ketones is 1. The van der Waals surface area contributed by atoms with Crippen molar-refractivity contribution in [3.8, 4) is 0 Å². The van der Waals surface area contributed by atoms with Gasteiger partial charge in [-0.15, -0.1) is 0 Å². The van der Waals surface area contributed by atoms with Gasteiger partial charge < -0.3 is 14.9 Å². The van der Waals surface area contributed by atoms with Crippen molar-refractivity contribution in [3.63, 3.8) is 0 Å². The number of allylic oxidation sites excluding steroid dienone is 4. The normalized spacial score (nSPS) is 41.1. The second kappa shape index (κ2) is 8.37. The van der Waals surface area contributed by atoms with E-state index in [2.05, 4.69) is 26.0 Å². The average Bonchev–Trinajstić information content (AvgIpc) is 2.84. The summed E-state index contributed by atoms with van der Waals surface area (Å²) in [6, 6.07) is 0. The van der Waals surface area contributed by atoms with E-state index in [-0.39, 0.29) is 29.3 Å². The lowest BCUT2D eigenvalue weighted by Crippen LogP contribution is -2.38. The topological polar surface area (TPSA) is 66.8 Å². The van der Waals surface area contributed by atoms with E-state index in [1.807, 2.05) is 6.08 Å². The predicted molar refractivity (Wildman–Crippen MR) is 118 cm³/mol. The lowest BCUT2D eigenvalue weighted by Gasteiger charge is -2.46. The Morgan fingerprint density at radius 1 is 1.33 bits per heavy atom. The van der Waals surface area contributed by atoms with Gasteiger partial charge in [-0.3, -0.25) is 4.79 Å². The van der Waals surface area contributed by atoms with Crippen LogP contribution in [0.3, 0.4) is 0 Å². The molecule has 0 heterocycles. The first-order valence-electron chi connectivity index (χ1n) is 11.8. The van der Waals surface area contributed by atoms with Crippen LogP contribution in [0.25, 0.3) is 0 Å². The van der Waals surface area contributed by atoms with Gasteiger partial charge in [0.05, 0.1) is 12.2 Å². The van der Waals surface area contributed by atoms with Crippen LogP contribution in [0.15, 0.2) is 34.9 Å². The summed E-state index contributed by atoms with van der Waals surface area (Å²) < 4.78 is 5.48. The molecule has 0 radical (unpaired) electrons. The number of rotatable bonds is 4. The van der Waals surface area contributed by atoms with Crippen LogP contribution in [0.4, 0.5) is 0 Å². The molecule has 0 aromatic rings. The Hall–Kier alpha value is -1.23. The summed E-state index contributed by atoms with van der Waals surface area (Å²) >= 11 is 0. The highest BCUT2D eigenvalue weighted by molar-refractivity contribution is 5.93. The molecule has 8 atom stereocenters. The molecule has 0 aromatic heterocycles. The van der Waals surface area contributed by atoms with Gasteiger partial charge in [0.2, 0.25) is 0 Å². The van der Waals surface area contributed by atoms with Gasteiger partial charge in [0.15, 0.2) is 5.78 Å². The van der Waals surface area contributed by atoms with Crippen molar-refractivity contribution in [2.24, 2.45) is 29.1 Å². The number of carbonyl (C=O) groups excluding carboxylic acids is 1. The van der Waals surface area contributed by atoms with Crippen molar-refractivity contribution < 1.29 is 19.7 Å². The number of carbonyl (C=O) groups is 1. The lowest BCUT2D eigenvalue weighted by molar-refractivity contribution is -0.119. The molecule has 0 amide bonds. The van der Waals surface area contributed by atoms with Crippen LogP contribution in [-0.2, 0) is 9.53 Å². The summed E-state index contributed by atoms with van der Waals surface area (Å²) in [5.41, 5.74) is 4.23. The van der Waals surface area contributed by atoms with Crippen molar-refractivity contribution in [1.82, 2.24) is 0 Å². The average molecular weight is 415 g/mol. The van der Waals surface area contributed by atoms with E-state index in [4.69, 9.17) is 4.74 Å². The van der Waals surface area contributed by atoms with E-state index < -0.39 is 6.10 Å². The number of aliphatic hydroxyl groups is 2. The molecule has 0 spiro atoms. The zero-order chi connectivity index (χ0) is 21.6. The van der Waals surface area contributed by atoms with Gasteiger partial charge in [-0.05, 0) is 82.1 Å². The van der Waals surface area contributed by atoms with Crippen molar-refractivity contribution in [3.05, 3.63) is 34.9 Å². The number of ether oxygens (including phenoxy) is 1. The Kier molecular flexibility index (Phi) is 6.13. The molecule has 166 valence electrons. The van der Waals surface area contributed by atoms with Gasteiger partial charge in [0.1, 0.15) is 6.10 Å². The summed E-state index contributed by atoms with van der Waals surface area (Å²) in [7, 11) is 1.65. The van der Waals surface area contributed by atoms with E-state index >= 15 is 0 Å². The smallest absolute Gasteiger partial charge is 0.159 e. The third-order valence-corrected chi connectivity index (χ3v) is 8.69. The molecule has 2 fully saturated rings. The fourth-order valence-corrected chi connectivity index (χ4v) is 7.07. The Balaban J connectivity index is 1.65. The first-order chi connectivity index (χ1) is 14.2. The highest BCUT2D eigenvalue weighted by Crippen LogP contribution is 2.62. The summed E-state index contributed by atoms with van der Waals surface area (Å²) in [4.78, 5) is 13.1. The second-order valence-corrected chi connectivity index (χ2v) is 10.5. The van der Waals surface area contributed by atoms with Crippen LogP contribution in [0.1, 0.15) is 65.7 Å². The minimum atomic E-state index is -0.529. The van der Waals surface area contributed by atoms with Crippen LogP contribution >= 0.6 is 0 Å². The zero-order valence-corrected chi connectivity index (χ0v) is 18.9. The Morgan fingerprint density at radius 3 is 2.80 bits per heavy atom. The van der Waals surface area contributed by atoms with E-state index in [0.717, 1.165) is 32.1 Å². The van der Waals surface area contributed by atoms with Crippen LogP contribution in [0.5, 0.6) is 0 Å². The monoisotopic (exact) mass is 414 g/mol. The number of methoxy groups -OCH3 is 1. The largest absolute Gasteiger partial charge is 0.393 e. The molecule has 4 rings (SSSR count). The lowest BCUT2D eigenvalue weighted by atomic mass is 9.58. The van der Waals surface area contributed by atoms with Gasteiger partial charge >= 0.3 is 0 Å². The molecule has 4 aliphatic carbocycles. The molecule has 2 N–H and O–H groups in total. The minimum absolute atomic E-state index is 0.0505. The van der Waals surface area contributed by atoms with Crippen LogP contribution in [0.2, 0.25) is 0 Å². The quantitative estimate of drug-likeness (QED) is 0.671. The molecular formula is C26H38O4. The molecule has 0 aromatic carbocycles. The zero-order valence-electron chi connectivity index (χ0n) is 18.9. The predicted octanol–water partition coefficient (Wildman–Crippen LogP) is 4.37. The highest BCUT2D eigenvalue weighted by atomic mass is 16.5. The maximum atomic E-state index is 13.1. The molecular weight excluding hydrogens is 376 g/mol. The summed E-state index contributed by atoms with van der Waals surface area (Å²) in [6.07, 6.45) is 11.8. The van der Waals surface area contributed by atoms with Gasteiger partial charge in [-0.2, -0.15) is 0 Å². The van der Waals surface area contributed by atoms with Crippen LogP contribution in [-0.4, -0.2) is 41.4 Å². The van der Waals surface area contributed by atoms with Gasteiger partial charge in [-0.1, -0.05) is 35.8 Å². The maximum absolute atomic E-state index is 13.1. The molecule has 4 aliphatic rings. The Bertz CT molecular complexity index is 776.